The molecule has 0 spiro atoms. The number of hydrogen-bond donors (Lipinski definition) is 4. The van der Waals surface area contributed by atoms with E-state index in [0.29, 0.717) is 25.7 Å². The predicted octanol–water partition coefficient (Wildman–Crippen LogP) is -1.29. The van der Waals surface area contributed by atoms with E-state index < -0.39 is 30.7 Å². The van der Waals surface area contributed by atoms with Crippen molar-refractivity contribution in [2.24, 2.45) is 0 Å². The zero-order valence-electron chi connectivity index (χ0n) is 12.7. The van der Waals surface area contributed by atoms with Gasteiger partial charge < -0.3 is 34.9 Å². The van der Waals surface area contributed by atoms with E-state index in [1.807, 2.05) is 0 Å². The molecule has 128 valence electrons. The van der Waals surface area contributed by atoms with Crippen molar-refractivity contribution in [3.8, 4) is 0 Å². The Kier molecular flexibility index (Phi) is 8.51. The van der Waals surface area contributed by atoms with Crippen molar-refractivity contribution < 1.29 is 34.4 Å². The number of carbonyl (C=O) groups is 2. The molecule has 0 saturated carbocycles. The lowest BCUT2D eigenvalue weighted by Crippen LogP contribution is -2.57. The van der Waals surface area contributed by atoms with Crippen LogP contribution in [0.25, 0.3) is 0 Å². The van der Waals surface area contributed by atoms with Gasteiger partial charge in [0.15, 0.2) is 6.29 Å². The number of rotatable bonds is 9. The molecule has 0 bridgehead atoms. The molecule has 1 rings (SSSR count). The molecule has 4 N–H and O–H groups in total. The van der Waals surface area contributed by atoms with Crippen molar-refractivity contribution in [2.45, 2.75) is 63.3 Å². The van der Waals surface area contributed by atoms with Crippen molar-refractivity contribution in [1.82, 2.24) is 5.32 Å². The Labute approximate surface area is 129 Å². The Bertz CT molecular complexity index is 352. The molecule has 1 amide bonds. The van der Waals surface area contributed by atoms with Crippen LogP contribution in [0.4, 0.5) is 0 Å². The van der Waals surface area contributed by atoms with Crippen LogP contribution >= 0.6 is 0 Å². The van der Waals surface area contributed by atoms with Gasteiger partial charge in [-0.1, -0.05) is 0 Å². The Morgan fingerprint density at radius 1 is 1.23 bits per heavy atom. The number of aliphatic hydroxyl groups is 3. The lowest BCUT2D eigenvalue weighted by atomic mass is 10.0. The van der Waals surface area contributed by atoms with E-state index in [4.69, 9.17) is 9.47 Å². The van der Waals surface area contributed by atoms with E-state index in [2.05, 4.69) is 5.32 Å². The Balaban J connectivity index is 2.16. The second kappa shape index (κ2) is 9.86. The maximum absolute atomic E-state index is 11.5. The highest BCUT2D eigenvalue weighted by molar-refractivity contribution is 5.75. The number of aldehydes is 1. The second-order valence-corrected chi connectivity index (χ2v) is 5.31. The van der Waals surface area contributed by atoms with Crippen LogP contribution in [-0.2, 0) is 19.1 Å². The summed E-state index contributed by atoms with van der Waals surface area (Å²) in [5.74, 6) is -0.136. The summed E-state index contributed by atoms with van der Waals surface area (Å²) in [4.78, 5) is 21.6. The van der Waals surface area contributed by atoms with Gasteiger partial charge in [0.2, 0.25) is 5.91 Å². The normalized spacial score (nSPS) is 31.7. The molecule has 0 unspecified atom stereocenters. The Morgan fingerprint density at radius 3 is 2.64 bits per heavy atom. The first-order chi connectivity index (χ1) is 10.5. The quantitative estimate of drug-likeness (QED) is 0.308. The van der Waals surface area contributed by atoms with Crippen molar-refractivity contribution in [2.75, 3.05) is 13.2 Å². The summed E-state index contributed by atoms with van der Waals surface area (Å²) >= 11 is 0. The zero-order chi connectivity index (χ0) is 16.5. The van der Waals surface area contributed by atoms with Gasteiger partial charge in [-0.25, -0.2) is 0 Å². The molecule has 8 nitrogen and oxygen atoms in total. The smallest absolute Gasteiger partial charge is 0.220 e. The van der Waals surface area contributed by atoms with Gasteiger partial charge >= 0.3 is 0 Å². The fourth-order valence-electron chi connectivity index (χ4n) is 2.12. The summed E-state index contributed by atoms with van der Waals surface area (Å²) in [5, 5.41) is 31.5. The topological polar surface area (TPSA) is 125 Å². The highest BCUT2D eigenvalue weighted by Gasteiger charge is 2.42. The molecule has 0 radical (unpaired) electrons. The van der Waals surface area contributed by atoms with E-state index in [1.165, 1.54) is 0 Å². The summed E-state index contributed by atoms with van der Waals surface area (Å²) in [6.45, 7) is 1.92. The molecule has 0 aromatic heterocycles. The van der Waals surface area contributed by atoms with Crippen LogP contribution in [-0.4, -0.2) is 71.4 Å². The molecule has 22 heavy (non-hydrogen) atoms. The minimum absolute atomic E-state index is 0.108. The number of carbonyl (C=O) groups excluding carboxylic acids is 2. The SMILES string of the molecule is C[C@@H]1O[C@@H](OCCNC(=O)CCCCC=O)[C@@H](O)[C@H](O)[C@@H]1O. The molecule has 0 aliphatic carbocycles. The summed E-state index contributed by atoms with van der Waals surface area (Å²) < 4.78 is 10.5. The molecule has 1 aliphatic heterocycles. The van der Waals surface area contributed by atoms with Crippen molar-refractivity contribution in [1.29, 1.82) is 0 Å². The Morgan fingerprint density at radius 2 is 1.95 bits per heavy atom. The number of unbranched alkanes of at least 4 members (excludes halogenated alkanes) is 2. The van der Waals surface area contributed by atoms with Crippen molar-refractivity contribution in [3.63, 3.8) is 0 Å². The van der Waals surface area contributed by atoms with Gasteiger partial charge in [-0.15, -0.1) is 0 Å². The van der Waals surface area contributed by atoms with Crippen molar-refractivity contribution in [3.05, 3.63) is 0 Å². The molecule has 1 fully saturated rings. The molecule has 1 saturated heterocycles. The first-order valence-electron chi connectivity index (χ1n) is 7.49. The van der Waals surface area contributed by atoms with E-state index in [-0.39, 0.29) is 19.1 Å². The monoisotopic (exact) mass is 319 g/mol. The first kappa shape index (κ1) is 19.0. The fraction of sp³-hybridized carbons (Fsp3) is 0.857. The van der Waals surface area contributed by atoms with E-state index in [1.54, 1.807) is 6.92 Å². The van der Waals surface area contributed by atoms with Gasteiger partial charge in [0.05, 0.1) is 12.7 Å². The van der Waals surface area contributed by atoms with Crippen molar-refractivity contribution >= 4 is 12.2 Å². The summed E-state index contributed by atoms with van der Waals surface area (Å²) in [6.07, 6.45) is -2.57. The number of amides is 1. The maximum atomic E-state index is 11.5. The van der Waals surface area contributed by atoms with Crippen LogP contribution in [0.3, 0.4) is 0 Å². The van der Waals surface area contributed by atoms with Crippen LogP contribution in [0.2, 0.25) is 0 Å². The lowest BCUT2D eigenvalue weighted by molar-refractivity contribution is -0.292. The molecule has 1 aliphatic rings. The van der Waals surface area contributed by atoms with Gasteiger partial charge in [0.1, 0.15) is 24.6 Å². The summed E-state index contributed by atoms with van der Waals surface area (Å²) in [6, 6.07) is 0. The van der Waals surface area contributed by atoms with E-state index in [9.17, 15) is 24.9 Å². The van der Waals surface area contributed by atoms with Gasteiger partial charge in [0.25, 0.3) is 0 Å². The molecular formula is C14H25NO7. The number of ether oxygens (including phenoxy) is 2. The zero-order valence-corrected chi connectivity index (χ0v) is 12.7. The molecule has 0 aromatic carbocycles. The second-order valence-electron chi connectivity index (χ2n) is 5.31. The van der Waals surface area contributed by atoms with Crippen LogP contribution < -0.4 is 5.32 Å². The van der Waals surface area contributed by atoms with Crippen LogP contribution in [0, 0.1) is 0 Å². The predicted molar refractivity (Wildman–Crippen MR) is 75.8 cm³/mol. The largest absolute Gasteiger partial charge is 0.388 e. The van der Waals surface area contributed by atoms with Gasteiger partial charge in [0, 0.05) is 19.4 Å². The molecule has 5 atom stereocenters. The minimum atomic E-state index is -1.34. The van der Waals surface area contributed by atoms with Gasteiger partial charge in [-0.2, -0.15) is 0 Å². The number of nitrogens with one attached hydrogen (secondary N) is 1. The fourth-order valence-corrected chi connectivity index (χ4v) is 2.12. The minimum Gasteiger partial charge on any atom is -0.388 e. The van der Waals surface area contributed by atoms with Crippen LogP contribution in [0.15, 0.2) is 0 Å². The third-order valence-electron chi connectivity index (χ3n) is 3.49. The first-order valence-corrected chi connectivity index (χ1v) is 7.49. The van der Waals surface area contributed by atoms with E-state index in [0.717, 1.165) is 6.29 Å². The lowest BCUT2D eigenvalue weighted by Gasteiger charge is -2.38. The number of hydrogen-bond acceptors (Lipinski definition) is 7. The third-order valence-corrected chi connectivity index (χ3v) is 3.49. The summed E-state index contributed by atoms with van der Waals surface area (Å²) in [7, 11) is 0. The highest BCUT2D eigenvalue weighted by atomic mass is 16.7. The molecule has 1 heterocycles. The molecule has 8 heteroatoms. The average molecular weight is 319 g/mol. The van der Waals surface area contributed by atoms with Gasteiger partial charge in [-0.05, 0) is 19.8 Å². The van der Waals surface area contributed by atoms with Gasteiger partial charge in [-0.3, -0.25) is 4.79 Å². The molecule has 0 aromatic rings. The van der Waals surface area contributed by atoms with Crippen LogP contribution in [0.1, 0.15) is 32.6 Å². The standard InChI is InChI=1S/C14H25NO7/c1-9-11(18)12(19)13(20)14(22-9)21-8-6-15-10(17)5-3-2-4-7-16/h7,9,11-14,18-20H,2-6,8H2,1H3,(H,15,17)/t9-,11+,12+,13-,14+/m0/s1. The van der Waals surface area contributed by atoms with E-state index >= 15 is 0 Å². The van der Waals surface area contributed by atoms with Crippen LogP contribution in [0.5, 0.6) is 0 Å². The third kappa shape index (κ3) is 5.98. The average Bonchev–Trinajstić information content (AvgIpc) is 2.50. The maximum Gasteiger partial charge on any atom is 0.220 e. The summed E-state index contributed by atoms with van der Waals surface area (Å²) in [5.41, 5.74) is 0. The highest BCUT2D eigenvalue weighted by Crippen LogP contribution is 2.21. The molecular weight excluding hydrogens is 294 g/mol. The number of aliphatic hydroxyl groups excluding tert-OH is 3. The Hall–Kier alpha value is -1.06.